The molecule has 0 saturated heterocycles. The molecular weight excluding hydrogens is 408 g/mol. The summed E-state index contributed by atoms with van der Waals surface area (Å²) in [6.45, 7) is 4.42. The number of hydrogen-bond donors (Lipinski definition) is 4. The Labute approximate surface area is 185 Å². The molecule has 0 aliphatic heterocycles. The molecule has 0 radical (unpaired) electrons. The maximum Gasteiger partial charge on any atom is 0.310 e. The van der Waals surface area contributed by atoms with Crippen LogP contribution in [0.25, 0.3) is 21.8 Å². The molecule has 4 rings (SSSR count). The van der Waals surface area contributed by atoms with E-state index in [4.69, 9.17) is 20.9 Å². The summed E-state index contributed by atoms with van der Waals surface area (Å²) in [7, 11) is 0. The van der Waals surface area contributed by atoms with Gasteiger partial charge in [0.15, 0.2) is 0 Å². The number of hydrogen-bond acceptors (Lipinski definition) is 6. The number of anilines is 2. The summed E-state index contributed by atoms with van der Waals surface area (Å²) >= 11 is 0. The molecule has 2 heterocycles. The van der Waals surface area contributed by atoms with Crippen molar-refractivity contribution in [1.29, 1.82) is 0 Å². The summed E-state index contributed by atoms with van der Waals surface area (Å²) in [5.74, 6) is -0.416. The number of ether oxygens (including phenoxy) is 2. The van der Waals surface area contributed by atoms with Crippen molar-refractivity contribution in [3.63, 3.8) is 0 Å². The number of carbonyl (C=O) groups excluding carboxylic acids is 2. The lowest BCUT2D eigenvalue weighted by Gasteiger charge is -2.00. The minimum absolute atomic E-state index is 0.208. The molecule has 4 aromatic rings. The second-order valence-electron chi connectivity index (χ2n) is 7.20. The van der Waals surface area contributed by atoms with E-state index in [2.05, 4.69) is 9.97 Å². The number of nitrogen functional groups attached to an aromatic ring is 2. The van der Waals surface area contributed by atoms with E-state index in [9.17, 15) is 9.59 Å². The lowest BCUT2D eigenvalue weighted by atomic mass is 10.1. The van der Waals surface area contributed by atoms with Crippen LogP contribution in [0.4, 0.5) is 11.4 Å². The van der Waals surface area contributed by atoms with Crippen molar-refractivity contribution in [2.24, 2.45) is 0 Å². The van der Waals surface area contributed by atoms with Crippen molar-refractivity contribution in [3.05, 3.63) is 59.9 Å². The van der Waals surface area contributed by atoms with Gasteiger partial charge in [-0.1, -0.05) is 12.1 Å². The van der Waals surface area contributed by atoms with Crippen LogP contribution < -0.4 is 11.5 Å². The van der Waals surface area contributed by atoms with Gasteiger partial charge in [0.05, 0.1) is 26.1 Å². The quantitative estimate of drug-likeness (QED) is 0.269. The molecule has 2 aromatic heterocycles. The first-order valence-corrected chi connectivity index (χ1v) is 10.4. The monoisotopic (exact) mass is 436 g/mol. The summed E-state index contributed by atoms with van der Waals surface area (Å²) in [5, 5.41) is 2.03. The summed E-state index contributed by atoms with van der Waals surface area (Å²) in [6.07, 6.45) is 4.22. The van der Waals surface area contributed by atoms with Crippen molar-refractivity contribution in [3.8, 4) is 0 Å². The molecule has 0 aliphatic carbocycles. The summed E-state index contributed by atoms with van der Waals surface area (Å²) in [6, 6.07) is 11.2. The zero-order valence-electron chi connectivity index (χ0n) is 18.2. The van der Waals surface area contributed by atoms with Crippen molar-refractivity contribution >= 4 is 45.1 Å². The normalized spacial score (nSPS) is 10.6. The molecular formula is C24H28N4O4. The van der Waals surface area contributed by atoms with Gasteiger partial charge in [-0.3, -0.25) is 9.59 Å². The standard InChI is InChI=1S/2C12H14N2O2/c2*1-2-16-12(15)5-8-7-14-11-6-9(13)3-4-10(8)11/h2*3-4,6-7,14H,2,5,13H2,1H3. The van der Waals surface area contributed by atoms with Gasteiger partial charge in [-0.05, 0) is 49.2 Å². The molecule has 32 heavy (non-hydrogen) atoms. The zero-order chi connectivity index (χ0) is 23.1. The molecule has 2 aromatic carbocycles. The van der Waals surface area contributed by atoms with E-state index in [1.807, 2.05) is 48.8 Å². The number of nitrogens with one attached hydrogen (secondary N) is 2. The molecule has 8 heteroatoms. The number of nitrogens with two attached hydrogens (primary N) is 2. The molecule has 0 atom stereocenters. The van der Waals surface area contributed by atoms with E-state index in [-0.39, 0.29) is 24.8 Å². The fourth-order valence-electron chi connectivity index (χ4n) is 3.44. The predicted octanol–water partition coefficient (Wildman–Crippen LogP) is 3.71. The van der Waals surface area contributed by atoms with Gasteiger partial charge < -0.3 is 30.9 Å². The van der Waals surface area contributed by atoms with Crippen LogP contribution in [0, 0.1) is 0 Å². The first-order chi connectivity index (χ1) is 15.4. The van der Waals surface area contributed by atoms with Crippen LogP contribution in [-0.4, -0.2) is 35.1 Å². The SMILES string of the molecule is CCOC(=O)Cc1c[nH]c2cc(N)ccc12.CCOC(=O)Cc1c[nH]c2cc(N)ccc12. The van der Waals surface area contributed by atoms with E-state index < -0.39 is 0 Å². The van der Waals surface area contributed by atoms with Crippen molar-refractivity contribution in [2.75, 3.05) is 24.7 Å². The first kappa shape index (κ1) is 22.7. The molecule has 0 aliphatic rings. The van der Waals surface area contributed by atoms with Crippen LogP contribution in [0.1, 0.15) is 25.0 Å². The Kier molecular flexibility index (Phi) is 7.38. The maximum absolute atomic E-state index is 11.4. The summed E-state index contributed by atoms with van der Waals surface area (Å²) in [4.78, 5) is 28.9. The molecule has 8 nitrogen and oxygen atoms in total. The fourth-order valence-corrected chi connectivity index (χ4v) is 3.44. The average Bonchev–Trinajstić information content (AvgIpc) is 3.32. The molecule has 0 bridgehead atoms. The smallest absolute Gasteiger partial charge is 0.310 e. The van der Waals surface area contributed by atoms with Crippen molar-refractivity contribution < 1.29 is 19.1 Å². The van der Waals surface area contributed by atoms with Crippen LogP contribution in [0.2, 0.25) is 0 Å². The van der Waals surface area contributed by atoms with Gasteiger partial charge in [0, 0.05) is 45.6 Å². The number of benzene rings is 2. The molecule has 0 fully saturated rings. The van der Waals surface area contributed by atoms with Gasteiger partial charge in [-0.25, -0.2) is 0 Å². The van der Waals surface area contributed by atoms with Crippen LogP contribution in [-0.2, 0) is 31.9 Å². The van der Waals surface area contributed by atoms with Crippen LogP contribution in [0.5, 0.6) is 0 Å². The van der Waals surface area contributed by atoms with Gasteiger partial charge in [0.25, 0.3) is 0 Å². The van der Waals surface area contributed by atoms with E-state index >= 15 is 0 Å². The Morgan fingerprint density at radius 3 is 1.53 bits per heavy atom. The first-order valence-electron chi connectivity index (χ1n) is 10.4. The summed E-state index contributed by atoms with van der Waals surface area (Å²) < 4.78 is 9.82. The number of fused-ring (bicyclic) bond motifs is 2. The van der Waals surface area contributed by atoms with Gasteiger partial charge >= 0.3 is 11.9 Å². The number of aromatic amines is 2. The molecule has 0 saturated carbocycles. The molecule has 0 unspecified atom stereocenters. The number of carbonyl (C=O) groups is 2. The predicted molar refractivity (Wildman–Crippen MR) is 126 cm³/mol. The zero-order valence-corrected chi connectivity index (χ0v) is 18.2. The summed E-state index contributed by atoms with van der Waals surface area (Å²) in [5.41, 5.74) is 16.5. The second-order valence-corrected chi connectivity index (χ2v) is 7.20. The van der Waals surface area contributed by atoms with E-state index in [1.165, 1.54) is 0 Å². The molecule has 168 valence electrons. The Hall–Kier alpha value is -3.94. The van der Waals surface area contributed by atoms with Crippen LogP contribution in [0.15, 0.2) is 48.8 Å². The molecule has 0 spiro atoms. The van der Waals surface area contributed by atoms with Crippen LogP contribution in [0.3, 0.4) is 0 Å². The van der Waals surface area contributed by atoms with Gasteiger partial charge in [0.2, 0.25) is 0 Å². The number of esters is 2. The highest BCUT2D eigenvalue weighted by Crippen LogP contribution is 2.22. The second kappa shape index (κ2) is 10.4. The largest absolute Gasteiger partial charge is 0.466 e. The Bertz CT molecular complexity index is 1130. The van der Waals surface area contributed by atoms with Gasteiger partial charge in [-0.15, -0.1) is 0 Å². The van der Waals surface area contributed by atoms with Gasteiger partial charge in [0.1, 0.15) is 0 Å². The van der Waals surface area contributed by atoms with E-state index in [0.717, 1.165) is 32.9 Å². The van der Waals surface area contributed by atoms with Gasteiger partial charge in [-0.2, -0.15) is 0 Å². The lowest BCUT2D eigenvalue weighted by Crippen LogP contribution is -2.06. The third kappa shape index (κ3) is 5.60. The van der Waals surface area contributed by atoms with Crippen molar-refractivity contribution in [1.82, 2.24) is 9.97 Å². The highest BCUT2D eigenvalue weighted by molar-refractivity contribution is 5.90. The van der Waals surface area contributed by atoms with Crippen LogP contribution >= 0.6 is 0 Å². The minimum atomic E-state index is -0.208. The van der Waals surface area contributed by atoms with E-state index in [1.54, 1.807) is 13.8 Å². The average molecular weight is 437 g/mol. The highest BCUT2D eigenvalue weighted by atomic mass is 16.5. The number of H-pyrrole nitrogens is 2. The number of aromatic nitrogens is 2. The van der Waals surface area contributed by atoms with E-state index in [0.29, 0.717) is 24.6 Å². The van der Waals surface area contributed by atoms with Crippen molar-refractivity contribution in [2.45, 2.75) is 26.7 Å². The Morgan fingerprint density at radius 2 is 1.16 bits per heavy atom. The molecule has 6 N–H and O–H groups in total. The number of rotatable bonds is 6. The Balaban J connectivity index is 0.000000181. The highest BCUT2D eigenvalue weighted by Gasteiger charge is 2.10. The lowest BCUT2D eigenvalue weighted by molar-refractivity contribution is -0.143. The Morgan fingerprint density at radius 1 is 0.750 bits per heavy atom. The minimum Gasteiger partial charge on any atom is -0.466 e. The topological polar surface area (TPSA) is 136 Å². The third-order valence-electron chi connectivity index (χ3n) is 4.86. The fraction of sp³-hybridized carbons (Fsp3) is 0.250. The molecule has 0 amide bonds. The third-order valence-corrected chi connectivity index (χ3v) is 4.86. The maximum atomic E-state index is 11.4.